The lowest BCUT2D eigenvalue weighted by molar-refractivity contribution is 0.276. The molecule has 0 amide bonds. The van der Waals surface area contributed by atoms with Crippen molar-refractivity contribution in [2.45, 2.75) is 18.9 Å². The van der Waals surface area contributed by atoms with Crippen molar-refractivity contribution in [2.24, 2.45) is 7.05 Å². The van der Waals surface area contributed by atoms with Crippen LogP contribution in [0.5, 0.6) is 0 Å². The Hall–Kier alpha value is -1.39. The maximum atomic E-state index is 8.89. The molecule has 0 radical (unpaired) electrons. The third kappa shape index (κ3) is 2.48. The number of hydrogen-bond donors (Lipinski definition) is 2. The Morgan fingerprint density at radius 1 is 1.47 bits per heavy atom. The van der Waals surface area contributed by atoms with Crippen LogP contribution in [-0.4, -0.2) is 28.3 Å². The van der Waals surface area contributed by atoms with Gasteiger partial charge in [-0.3, -0.25) is 0 Å². The second kappa shape index (κ2) is 5.29. The molecule has 0 fully saturated rings. The van der Waals surface area contributed by atoms with Gasteiger partial charge in [-0.1, -0.05) is 6.07 Å². The average Bonchev–Trinajstić information content (AvgIpc) is 2.72. The van der Waals surface area contributed by atoms with Gasteiger partial charge >= 0.3 is 0 Å². The summed E-state index contributed by atoms with van der Waals surface area (Å²) in [7, 11) is 3.95. The highest BCUT2D eigenvalue weighted by Crippen LogP contribution is 2.22. The third-order valence-electron chi connectivity index (χ3n) is 3.15. The molecule has 0 aliphatic heterocycles. The summed E-state index contributed by atoms with van der Waals surface area (Å²) in [6.45, 7) is 0.240. The quantitative estimate of drug-likeness (QED) is 0.825. The normalized spacial score (nSPS) is 13.1. The number of nitrogens with zero attached hydrogens (tertiary/aromatic N) is 2. The van der Waals surface area contributed by atoms with Gasteiger partial charge < -0.3 is 15.0 Å². The molecule has 2 N–H and O–H groups in total. The van der Waals surface area contributed by atoms with Crippen LogP contribution in [0.25, 0.3) is 11.0 Å². The lowest BCUT2D eigenvalue weighted by Crippen LogP contribution is -2.16. The Morgan fingerprint density at radius 3 is 3.00 bits per heavy atom. The zero-order valence-electron chi connectivity index (χ0n) is 10.3. The van der Waals surface area contributed by atoms with E-state index in [2.05, 4.69) is 28.5 Å². The van der Waals surface area contributed by atoms with Gasteiger partial charge in [-0.15, -0.1) is 0 Å². The number of fused-ring (bicyclic) bond motifs is 1. The van der Waals surface area contributed by atoms with E-state index >= 15 is 0 Å². The number of aliphatic hydroxyl groups is 1. The van der Waals surface area contributed by atoms with Crippen LogP contribution in [0.2, 0.25) is 0 Å². The lowest BCUT2D eigenvalue weighted by Gasteiger charge is -2.16. The first-order valence-corrected chi connectivity index (χ1v) is 5.95. The van der Waals surface area contributed by atoms with Gasteiger partial charge in [0.05, 0.1) is 17.4 Å². The number of aromatic nitrogens is 2. The Bertz CT molecular complexity index is 492. The molecule has 2 rings (SSSR count). The Balaban J connectivity index is 2.27. The van der Waals surface area contributed by atoms with Crippen molar-refractivity contribution in [3.05, 3.63) is 30.1 Å². The van der Waals surface area contributed by atoms with E-state index in [1.54, 1.807) is 0 Å². The van der Waals surface area contributed by atoms with Gasteiger partial charge in [0.1, 0.15) is 0 Å². The molecule has 1 aromatic carbocycles. The summed E-state index contributed by atoms with van der Waals surface area (Å²) in [5.41, 5.74) is 3.40. The van der Waals surface area contributed by atoms with E-state index in [0.717, 1.165) is 23.9 Å². The molecule has 0 aliphatic rings. The highest BCUT2D eigenvalue weighted by Gasteiger charge is 2.10. The van der Waals surface area contributed by atoms with E-state index in [-0.39, 0.29) is 12.6 Å². The number of rotatable bonds is 5. The first-order valence-electron chi connectivity index (χ1n) is 5.95. The summed E-state index contributed by atoms with van der Waals surface area (Å²) in [4.78, 5) is 4.36. The van der Waals surface area contributed by atoms with Crippen LogP contribution in [0.3, 0.4) is 0 Å². The standard InChI is InChI=1S/C13H19N3O/c1-14-11(4-3-7-17)10-5-6-13-12(8-10)15-9-16(13)2/h5-6,8-9,11,14,17H,3-4,7H2,1-2H3. The zero-order valence-corrected chi connectivity index (χ0v) is 10.3. The Kier molecular flexibility index (Phi) is 3.76. The molecule has 0 saturated carbocycles. The minimum atomic E-state index is 0.240. The van der Waals surface area contributed by atoms with Crippen molar-refractivity contribution < 1.29 is 5.11 Å². The number of imidazole rings is 1. The summed E-state index contributed by atoms with van der Waals surface area (Å²) in [5, 5.41) is 12.2. The van der Waals surface area contributed by atoms with Gasteiger partial charge in [-0.25, -0.2) is 4.98 Å². The van der Waals surface area contributed by atoms with Gasteiger partial charge in [0, 0.05) is 19.7 Å². The molecule has 1 unspecified atom stereocenters. The smallest absolute Gasteiger partial charge is 0.0955 e. The minimum absolute atomic E-state index is 0.240. The van der Waals surface area contributed by atoms with E-state index in [9.17, 15) is 0 Å². The highest BCUT2D eigenvalue weighted by atomic mass is 16.2. The van der Waals surface area contributed by atoms with E-state index in [0.29, 0.717) is 0 Å². The number of hydrogen-bond acceptors (Lipinski definition) is 3. The predicted octanol–water partition coefficient (Wildman–Crippen LogP) is 1.61. The molecular formula is C13H19N3O. The molecule has 4 nitrogen and oxygen atoms in total. The summed E-state index contributed by atoms with van der Waals surface area (Å²) in [6, 6.07) is 6.63. The van der Waals surface area contributed by atoms with E-state index in [1.807, 2.05) is 25.0 Å². The summed E-state index contributed by atoms with van der Waals surface area (Å²) in [6.07, 6.45) is 3.58. The molecule has 4 heteroatoms. The van der Waals surface area contributed by atoms with Crippen molar-refractivity contribution in [2.75, 3.05) is 13.7 Å². The van der Waals surface area contributed by atoms with Crippen LogP contribution in [0.1, 0.15) is 24.4 Å². The van der Waals surface area contributed by atoms with E-state index in [4.69, 9.17) is 5.11 Å². The highest BCUT2D eigenvalue weighted by molar-refractivity contribution is 5.76. The van der Waals surface area contributed by atoms with Gasteiger partial charge in [0.2, 0.25) is 0 Å². The predicted molar refractivity (Wildman–Crippen MR) is 68.8 cm³/mol. The minimum Gasteiger partial charge on any atom is -0.396 e. The first-order chi connectivity index (χ1) is 8.26. The van der Waals surface area contributed by atoms with Crippen molar-refractivity contribution in [1.82, 2.24) is 14.9 Å². The van der Waals surface area contributed by atoms with Gasteiger partial charge in [-0.2, -0.15) is 0 Å². The van der Waals surface area contributed by atoms with Crippen molar-refractivity contribution in [1.29, 1.82) is 0 Å². The van der Waals surface area contributed by atoms with Gasteiger partial charge in [0.25, 0.3) is 0 Å². The summed E-state index contributed by atoms with van der Waals surface area (Å²) >= 11 is 0. The van der Waals surface area contributed by atoms with Gasteiger partial charge in [0.15, 0.2) is 0 Å². The Morgan fingerprint density at radius 2 is 2.29 bits per heavy atom. The topological polar surface area (TPSA) is 50.1 Å². The number of aryl methyl sites for hydroxylation is 1. The SMILES string of the molecule is CNC(CCCO)c1ccc2c(c1)ncn2C. The molecule has 17 heavy (non-hydrogen) atoms. The monoisotopic (exact) mass is 233 g/mol. The maximum absolute atomic E-state index is 8.89. The Labute approximate surface area is 101 Å². The fraction of sp³-hybridized carbons (Fsp3) is 0.462. The van der Waals surface area contributed by atoms with Crippen LogP contribution in [-0.2, 0) is 7.05 Å². The second-order valence-electron chi connectivity index (χ2n) is 4.31. The molecule has 0 aliphatic carbocycles. The first kappa shape index (κ1) is 12.1. The van der Waals surface area contributed by atoms with Crippen LogP contribution in [0, 0.1) is 0 Å². The number of nitrogens with one attached hydrogen (secondary N) is 1. The molecule has 92 valence electrons. The molecule has 1 aromatic heterocycles. The van der Waals surface area contributed by atoms with Crippen molar-refractivity contribution in [3.8, 4) is 0 Å². The molecular weight excluding hydrogens is 214 g/mol. The molecule has 1 heterocycles. The van der Waals surface area contributed by atoms with Crippen LogP contribution >= 0.6 is 0 Å². The van der Waals surface area contributed by atoms with E-state index < -0.39 is 0 Å². The average molecular weight is 233 g/mol. The largest absolute Gasteiger partial charge is 0.396 e. The van der Waals surface area contributed by atoms with Crippen LogP contribution in [0.4, 0.5) is 0 Å². The fourth-order valence-corrected chi connectivity index (χ4v) is 2.14. The zero-order chi connectivity index (χ0) is 12.3. The third-order valence-corrected chi connectivity index (χ3v) is 3.15. The van der Waals surface area contributed by atoms with Crippen molar-refractivity contribution in [3.63, 3.8) is 0 Å². The number of aliphatic hydroxyl groups excluding tert-OH is 1. The van der Waals surface area contributed by atoms with Crippen molar-refractivity contribution >= 4 is 11.0 Å². The fourth-order valence-electron chi connectivity index (χ4n) is 2.14. The molecule has 2 aromatic rings. The lowest BCUT2D eigenvalue weighted by atomic mass is 10.0. The number of benzene rings is 1. The summed E-state index contributed by atoms with van der Waals surface area (Å²) in [5.74, 6) is 0. The molecule has 0 spiro atoms. The second-order valence-corrected chi connectivity index (χ2v) is 4.31. The molecule has 0 bridgehead atoms. The van der Waals surface area contributed by atoms with E-state index in [1.165, 1.54) is 5.56 Å². The van der Waals surface area contributed by atoms with Crippen LogP contribution < -0.4 is 5.32 Å². The molecule has 1 atom stereocenters. The van der Waals surface area contributed by atoms with Gasteiger partial charge in [-0.05, 0) is 37.6 Å². The summed E-state index contributed by atoms with van der Waals surface area (Å²) < 4.78 is 2.02. The van der Waals surface area contributed by atoms with Crippen LogP contribution in [0.15, 0.2) is 24.5 Å². The molecule has 0 saturated heterocycles. The maximum Gasteiger partial charge on any atom is 0.0955 e.